The lowest BCUT2D eigenvalue weighted by atomic mass is 10.1. The summed E-state index contributed by atoms with van der Waals surface area (Å²) in [5.41, 5.74) is 6.49. The molecule has 0 saturated carbocycles. The number of nitrogens with one attached hydrogen (secondary N) is 3. The minimum atomic E-state index is -0.445. The predicted molar refractivity (Wildman–Crippen MR) is 98.5 cm³/mol. The first-order valence-electron chi connectivity index (χ1n) is 7.81. The molecule has 5 N–H and O–H groups in total. The van der Waals surface area contributed by atoms with Gasteiger partial charge in [-0.15, -0.1) is 23.1 Å². The minimum absolute atomic E-state index is 0.100. The second-order valence-corrected chi connectivity index (χ2v) is 7.81. The van der Waals surface area contributed by atoms with Crippen molar-refractivity contribution in [3.05, 3.63) is 16.0 Å². The van der Waals surface area contributed by atoms with E-state index in [1.165, 1.54) is 23.1 Å². The van der Waals surface area contributed by atoms with E-state index in [9.17, 15) is 14.4 Å². The Labute approximate surface area is 154 Å². The van der Waals surface area contributed by atoms with E-state index in [2.05, 4.69) is 16.0 Å². The second-order valence-electron chi connectivity index (χ2n) is 5.49. The van der Waals surface area contributed by atoms with Crippen molar-refractivity contribution in [3.63, 3.8) is 0 Å². The SMILES string of the molecule is CCOC(=O)c1c(NC(=O)CSC2NC(=O)CC(N)N2)sc(C)c1C. The molecular formula is C15H22N4O4S2. The van der Waals surface area contributed by atoms with E-state index in [1.54, 1.807) is 6.92 Å². The summed E-state index contributed by atoms with van der Waals surface area (Å²) in [6.45, 7) is 5.71. The van der Waals surface area contributed by atoms with E-state index < -0.39 is 17.6 Å². The van der Waals surface area contributed by atoms with E-state index in [1.807, 2.05) is 13.8 Å². The lowest BCUT2D eigenvalue weighted by Crippen LogP contribution is -2.58. The van der Waals surface area contributed by atoms with Crippen molar-refractivity contribution in [2.45, 2.75) is 38.9 Å². The summed E-state index contributed by atoms with van der Waals surface area (Å²) in [6.07, 6.45) is -0.216. The zero-order valence-corrected chi connectivity index (χ0v) is 15.9. The number of hydrogen-bond donors (Lipinski definition) is 4. The van der Waals surface area contributed by atoms with Gasteiger partial charge in [0.2, 0.25) is 11.8 Å². The number of esters is 1. The van der Waals surface area contributed by atoms with Crippen LogP contribution in [0.3, 0.4) is 0 Å². The van der Waals surface area contributed by atoms with E-state index in [0.29, 0.717) is 10.6 Å². The standard InChI is InChI=1S/C15H22N4O4S2/c1-4-23-14(22)12-7(2)8(3)25-13(12)18-11(21)6-24-15-17-9(16)5-10(20)19-15/h9,15,17H,4-6,16H2,1-3H3,(H,18,21)(H,19,20). The maximum absolute atomic E-state index is 12.2. The molecule has 25 heavy (non-hydrogen) atoms. The molecule has 2 rings (SSSR count). The van der Waals surface area contributed by atoms with Gasteiger partial charge in [-0.05, 0) is 26.3 Å². The van der Waals surface area contributed by atoms with Crippen molar-refractivity contribution in [3.8, 4) is 0 Å². The number of thiophene rings is 1. The van der Waals surface area contributed by atoms with Crippen LogP contribution < -0.4 is 21.7 Å². The summed E-state index contributed by atoms with van der Waals surface area (Å²) in [5, 5.41) is 8.93. The molecule has 2 unspecified atom stereocenters. The Morgan fingerprint density at radius 1 is 1.44 bits per heavy atom. The Morgan fingerprint density at radius 3 is 2.80 bits per heavy atom. The number of ether oxygens (including phenoxy) is 1. The van der Waals surface area contributed by atoms with E-state index in [4.69, 9.17) is 10.5 Å². The number of thioether (sulfide) groups is 1. The Morgan fingerprint density at radius 2 is 2.16 bits per heavy atom. The highest BCUT2D eigenvalue weighted by Gasteiger charge is 2.25. The minimum Gasteiger partial charge on any atom is -0.462 e. The van der Waals surface area contributed by atoms with Crippen LogP contribution >= 0.6 is 23.1 Å². The lowest BCUT2D eigenvalue weighted by Gasteiger charge is -2.28. The van der Waals surface area contributed by atoms with Gasteiger partial charge < -0.3 is 21.1 Å². The average molecular weight is 386 g/mol. The topological polar surface area (TPSA) is 123 Å². The van der Waals surface area contributed by atoms with Crippen molar-refractivity contribution >= 4 is 45.9 Å². The molecular weight excluding hydrogens is 364 g/mol. The quantitative estimate of drug-likeness (QED) is 0.536. The molecule has 0 bridgehead atoms. The normalized spacial score (nSPS) is 20.1. The Balaban J connectivity index is 1.97. The summed E-state index contributed by atoms with van der Waals surface area (Å²) < 4.78 is 5.06. The third kappa shape index (κ3) is 5.18. The number of hydrogen-bond acceptors (Lipinski definition) is 8. The first-order chi connectivity index (χ1) is 11.8. The van der Waals surface area contributed by atoms with Crippen LogP contribution in [0.4, 0.5) is 5.00 Å². The maximum Gasteiger partial charge on any atom is 0.341 e. The summed E-state index contributed by atoms with van der Waals surface area (Å²) in [6, 6.07) is 0. The van der Waals surface area contributed by atoms with Gasteiger partial charge >= 0.3 is 5.97 Å². The van der Waals surface area contributed by atoms with Crippen LogP contribution in [0.15, 0.2) is 0 Å². The third-order valence-corrected chi connectivity index (χ3v) is 5.70. The van der Waals surface area contributed by atoms with Gasteiger partial charge in [-0.2, -0.15) is 0 Å². The van der Waals surface area contributed by atoms with Crippen LogP contribution in [0.25, 0.3) is 0 Å². The number of carbonyl (C=O) groups is 3. The summed E-state index contributed by atoms with van der Waals surface area (Å²) in [7, 11) is 0. The van der Waals surface area contributed by atoms with E-state index in [-0.39, 0.29) is 30.6 Å². The maximum atomic E-state index is 12.2. The predicted octanol–water partition coefficient (Wildman–Crippen LogP) is 0.891. The molecule has 0 spiro atoms. The van der Waals surface area contributed by atoms with Crippen LogP contribution in [0.1, 0.15) is 34.1 Å². The molecule has 2 amide bonds. The van der Waals surface area contributed by atoms with Gasteiger partial charge in [0.25, 0.3) is 0 Å². The fourth-order valence-electron chi connectivity index (χ4n) is 2.28. The Bertz CT molecular complexity index is 677. The van der Waals surface area contributed by atoms with Crippen molar-refractivity contribution < 1.29 is 19.1 Å². The third-order valence-electron chi connectivity index (χ3n) is 3.56. The summed E-state index contributed by atoms with van der Waals surface area (Å²) in [4.78, 5) is 36.7. The fourth-order valence-corrected chi connectivity index (χ4v) is 4.22. The van der Waals surface area contributed by atoms with Gasteiger partial charge in [-0.3, -0.25) is 14.9 Å². The molecule has 1 aliphatic rings. The van der Waals surface area contributed by atoms with Crippen molar-refractivity contribution in [1.29, 1.82) is 0 Å². The lowest BCUT2D eigenvalue weighted by molar-refractivity contribution is -0.123. The van der Waals surface area contributed by atoms with Crippen LogP contribution in [0.2, 0.25) is 0 Å². The average Bonchev–Trinajstić information content (AvgIpc) is 2.79. The number of nitrogens with two attached hydrogens (primary N) is 1. The highest BCUT2D eigenvalue weighted by molar-refractivity contribution is 8.00. The number of amides is 2. The van der Waals surface area contributed by atoms with Crippen LogP contribution in [0.5, 0.6) is 0 Å². The molecule has 0 aromatic carbocycles. The van der Waals surface area contributed by atoms with Gasteiger partial charge in [0, 0.05) is 4.88 Å². The first kappa shape index (κ1) is 19.7. The molecule has 1 aliphatic heterocycles. The van der Waals surface area contributed by atoms with Crippen molar-refractivity contribution in [1.82, 2.24) is 10.6 Å². The monoisotopic (exact) mass is 386 g/mol. The summed E-state index contributed by atoms with van der Waals surface area (Å²) >= 11 is 2.56. The number of aryl methyl sites for hydroxylation is 1. The number of rotatable bonds is 6. The molecule has 8 nitrogen and oxygen atoms in total. The molecule has 10 heteroatoms. The molecule has 1 aromatic heterocycles. The fraction of sp³-hybridized carbons (Fsp3) is 0.533. The van der Waals surface area contributed by atoms with Gasteiger partial charge in [0.1, 0.15) is 10.5 Å². The zero-order chi connectivity index (χ0) is 18.6. The Kier molecular flexibility index (Phi) is 6.82. The van der Waals surface area contributed by atoms with Gasteiger partial charge in [-0.25, -0.2) is 4.79 Å². The van der Waals surface area contributed by atoms with Crippen LogP contribution in [0, 0.1) is 13.8 Å². The highest BCUT2D eigenvalue weighted by atomic mass is 32.2. The van der Waals surface area contributed by atoms with Gasteiger partial charge in [-0.1, -0.05) is 0 Å². The highest BCUT2D eigenvalue weighted by Crippen LogP contribution is 2.33. The smallest absolute Gasteiger partial charge is 0.341 e. The molecule has 1 aromatic rings. The van der Waals surface area contributed by atoms with Crippen LogP contribution in [-0.4, -0.2) is 41.8 Å². The number of anilines is 1. The van der Waals surface area contributed by atoms with E-state index in [0.717, 1.165) is 10.4 Å². The first-order valence-corrected chi connectivity index (χ1v) is 9.67. The van der Waals surface area contributed by atoms with Crippen molar-refractivity contribution in [2.75, 3.05) is 17.7 Å². The largest absolute Gasteiger partial charge is 0.462 e. The Hall–Kier alpha value is -1.62. The summed E-state index contributed by atoms with van der Waals surface area (Å²) in [5.74, 6) is -0.770. The van der Waals surface area contributed by atoms with Crippen LogP contribution in [-0.2, 0) is 14.3 Å². The molecule has 138 valence electrons. The van der Waals surface area contributed by atoms with Gasteiger partial charge in [0.05, 0.1) is 30.5 Å². The molecule has 0 radical (unpaired) electrons. The van der Waals surface area contributed by atoms with Crippen molar-refractivity contribution in [2.24, 2.45) is 5.73 Å². The molecule has 0 aliphatic carbocycles. The zero-order valence-electron chi connectivity index (χ0n) is 14.3. The molecule has 1 fully saturated rings. The second kappa shape index (κ2) is 8.65. The van der Waals surface area contributed by atoms with E-state index >= 15 is 0 Å². The van der Waals surface area contributed by atoms with Gasteiger partial charge in [0.15, 0.2) is 0 Å². The number of carbonyl (C=O) groups excluding carboxylic acids is 3. The molecule has 2 heterocycles. The molecule has 2 atom stereocenters. The molecule has 1 saturated heterocycles.